The van der Waals surface area contributed by atoms with Crippen molar-refractivity contribution in [3.63, 3.8) is 0 Å². The highest BCUT2D eigenvalue weighted by Gasteiger charge is 2.56. The fraction of sp³-hybridized carbons (Fsp3) is 0.511. The van der Waals surface area contributed by atoms with Crippen LogP contribution in [0.5, 0.6) is 0 Å². The molecule has 284 valence electrons. The van der Waals surface area contributed by atoms with Crippen molar-refractivity contribution in [2.45, 2.75) is 74.8 Å². The summed E-state index contributed by atoms with van der Waals surface area (Å²) in [6.07, 6.45) is 0. The van der Waals surface area contributed by atoms with Crippen molar-refractivity contribution in [3.05, 3.63) is 73.9 Å². The van der Waals surface area contributed by atoms with Gasteiger partial charge in [0.15, 0.2) is 8.07 Å². The maximum Gasteiger partial charge on any atom is 0.161 e. The summed E-state index contributed by atoms with van der Waals surface area (Å²) in [5.41, 5.74) is 22.2. The number of hydrogen-bond acceptors (Lipinski definition) is 6. The molecule has 0 bridgehead atoms. The summed E-state index contributed by atoms with van der Waals surface area (Å²) in [4.78, 5) is 14.0. The lowest BCUT2D eigenvalue weighted by Crippen LogP contribution is -2.74. The molecule has 3 aromatic carbocycles. The highest BCUT2D eigenvalue weighted by Crippen LogP contribution is 2.50. The summed E-state index contributed by atoms with van der Waals surface area (Å²) in [5.74, 6) is 0. The Kier molecular flexibility index (Phi) is 11.4. The number of nitrogens with zero attached hydrogens (tertiary/aromatic N) is 6. The second-order valence-corrected chi connectivity index (χ2v) is 20.5. The molecule has 1 aliphatic rings. The average molecular weight is 723 g/mol. The van der Waals surface area contributed by atoms with Gasteiger partial charge in [0.2, 0.25) is 0 Å². The van der Waals surface area contributed by atoms with Gasteiger partial charge in [-0.15, -0.1) is 0 Å². The molecule has 0 radical (unpaired) electrons. The smallest absolute Gasteiger partial charge is 0.161 e. The lowest BCUT2D eigenvalue weighted by atomic mass is 10.0. The van der Waals surface area contributed by atoms with E-state index in [1.54, 1.807) is 15.6 Å². The van der Waals surface area contributed by atoms with E-state index in [-0.39, 0.29) is 5.54 Å². The van der Waals surface area contributed by atoms with E-state index < -0.39 is 8.07 Å². The van der Waals surface area contributed by atoms with Crippen LogP contribution >= 0.6 is 0 Å². The predicted octanol–water partition coefficient (Wildman–Crippen LogP) is 7.46. The van der Waals surface area contributed by atoms with Crippen molar-refractivity contribution in [3.8, 4) is 0 Å². The minimum Gasteiger partial charge on any atom is -0.377 e. The van der Waals surface area contributed by atoms with Crippen molar-refractivity contribution in [1.29, 1.82) is 0 Å². The minimum absolute atomic E-state index is 0.215. The molecule has 0 fully saturated rings. The van der Waals surface area contributed by atoms with E-state index in [4.69, 9.17) is 0 Å². The van der Waals surface area contributed by atoms with E-state index in [0.717, 1.165) is 0 Å². The number of benzene rings is 3. The molecule has 0 aliphatic heterocycles. The van der Waals surface area contributed by atoms with Crippen LogP contribution in [0.1, 0.15) is 61.1 Å². The van der Waals surface area contributed by atoms with Gasteiger partial charge in [0, 0.05) is 124 Å². The van der Waals surface area contributed by atoms with Gasteiger partial charge in [-0.25, -0.2) is 0 Å². The average Bonchev–Trinajstić information content (AvgIpc) is 3.21. The van der Waals surface area contributed by atoms with Gasteiger partial charge >= 0.3 is 0 Å². The monoisotopic (exact) mass is 723 g/mol. The molecule has 0 atom stereocenters. The maximum atomic E-state index is 2.45. The Balaban J connectivity index is 2.69. The van der Waals surface area contributed by atoms with E-state index in [2.05, 4.69) is 201 Å². The molecule has 7 heteroatoms. The molecule has 0 amide bonds. The molecule has 0 N–H and O–H groups in total. The van der Waals surface area contributed by atoms with E-state index in [1.807, 2.05) is 0 Å². The summed E-state index contributed by atoms with van der Waals surface area (Å²) < 4.78 is 0. The normalized spacial score (nSPS) is 13.7. The Morgan fingerprint density at radius 3 is 0.654 bits per heavy atom. The summed E-state index contributed by atoms with van der Waals surface area (Å²) in [7, 11) is 23.4. The molecule has 6 nitrogen and oxygen atoms in total. The van der Waals surface area contributed by atoms with E-state index in [9.17, 15) is 0 Å². The van der Waals surface area contributed by atoms with Gasteiger partial charge in [-0.2, -0.15) is 0 Å². The van der Waals surface area contributed by atoms with Gasteiger partial charge in [-0.1, -0.05) is 11.1 Å². The van der Waals surface area contributed by atoms with E-state index in [0.29, 0.717) is 0 Å². The van der Waals surface area contributed by atoms with Crippen molar-refractivity contribution in [1.82, 2.24) is 0 Å². The summed E-state index contributed by atoms with van der Waals surface area (Å²) in [6.45, 7) is 24.2. The topological polar surface area (TPSA) is 19.4 Å². The van der Waals surface area contributed by atoms with Crippen LogP contribution < -0.4 is 45.0 Å². The summed E-state index contributed by atoms with van der Waals surface area (Å²) in [6, 6.07) is 7.27. The first kappa shape index (κ1) is 40.9. The Morgan fingerprint density at radius 2 is 0.500 bits per heavy atom. The largest absolute Gasteiger partial charge is 0.377 e. The zero-order valence-corrected chi connectivity index (χ0v) is 38.0. The summed E-state index contributed by atoms with van der Waals surface area (Å²) >= 11 is 0. The molecular formula is C45H70N6Si. The number of rotatable bonds is 10. The third-order valence-electron chi connectivity index (χ3n) is 12.5. The van der Waals surface area contributed by atoms with Crippen molar-refractivity contribution in [2.75, 3.05) is 114 Å². The molecule has 0 spiro atoms. The van der Waals surface area contributed by atoms with Crippen LogP contribution in [-0.2, 0) is 0 Å². The quantitative estimate of drug-likeness (QED) is 0.159. The first-order valence-electron chi connectivity index (χ1n) is 18.8. The Labute approximate surface area is 319 Å². The Hall–Kier alpha value is -3.84. The van der Waals surface area contributed by atoms with Crippen LogP contribution in [0.25, 0.3) is 0 Å². The predicted molar refractivity (Wildman–Crippen MR) is 239 cm³/mol. The van der Waals surface area contributed by atoms with Crippen LogP contribution in [0.3, 0.4) is 0 Å². The van der Waals surface area contributed by atoms with Gasteiger partial charge in [0.1, 0.15) is 0 Å². The number of anilines is 6. The number of allylic oxidation sites excluding steroid dienone is 4. The van der Waals surface area contributed by atoms with Crippen LogP contribution in [0.4, 0.5) is 34.1 Å². The minimum atomic E-state index is -3.21. The number of hydrogen-bond donors (Lipinski definition) is 0. The maximum absolute atomic E-state index is 3.21. The second-order valence-electron chi connectivity index (χ2n) is 16.8. The summed E-state index contributed by atoms with van der Waals surface area (Å²) in [5, 5.41) is 4.65. The molecule has 4 rings (SSSR count). The molecule has 0 saturated heterocycles. The molecule has 52 heavy (non-hydrogen) atoms. The Morgan fingerprint density at radius 1 is 0.327 bits per heavy atom. The van der Waals surface area contributed by atoms with Crippen molar-refractivity contribution >= 4 is 57.8 Å². The zero-order chi connectivity index (χ0) is 39.6. The lowest BCUT2D eigenvalue weighted by molar-refractivity contribution is 1.05. The molecule has 0 unspecified atom stereocenters. The standard InChI is InChI=1S/C45H70N6Si/c1-26-27(2)29(4)42(28(26)3)52(43-30(5)36(46(11)12)23-37(31(43)6)47(13)14,44-32(7)38(48(15)16)24-39(33(44)8)49(17)18)45-34(9)40(50(19)20)25-41(35(45)10)51(21)22/h23-25,42H,1-22H3. The van der Waals surface area contributed by atoms with Crippen molar-refractivity contribution < 1.29 is 0 Å². The third-order valence-corrected chi connectivity index (χ3v) is 18.8. The fourth-order valence-electron chi connectivity index (χ4n) is 10.0. The van der Waals surface area contributed by atoms with Crippen LogP contribution in [-0.4, -0.2) is 92.6 Å². The Bertz CT molecular complexity index is 1650. The van der Waals surface area contributed by atoms with Crippen molar-refractivity contribution in [2.24, 2.45) is 0 Å². The van der Waals surface area contributed by atoms with Crippen LogP contribution in [0.15, 0.2) is 40.5 Å². The van der Waals surface area contributed by atoms with E-state index in [1.165, 1.54) is 89.8 Å². The van der Waals surface area contributed by atoms with Gasteiger partial charge in [0.25, 0.3) is 0 Å². The molecule has 0 aromatic heterocycles. The van der Waals surface area contributed by atoms with Gasteiger partial charge in [-0.05, 0) is 148 Å². The second kappa shape index (κ2) is 14.5. The molecule has 0 saturated carbocycles. The third kappa shape index (κ3) is 6.11. The fourth-order valence-corrected chi connectivity index (χ4v) is 17.7. The first-order valence-corrected chi connectivity index (χ1v) is 20.9. The van der Waals surface area contributed by atoms with Gasteiger partial charge in [-0.3, -0.25) is 0 Å². The van der Waals surface area contributed by atoms with Crippen LogP contribution in [0, 0.1) is 41.5 Å². The van der Waals surface area contributed by atoms with Gasteiger partial charge < -0.3 is 29.4 Å². The first-order chi connectivity index (χ1) is 24.0. The zero-order valence-electron chi connectivity index (χ0n) is 37.0. The lowest BCUT2D eigenvalue weighted by Gasteiger charge is -2.48. The van der Waals surface area contributed by atoms with E-state index >= 15 is 0 Å². The SMILES string of the molecule is CC1=C(C)C([Si](c2c(C)c(N(C)C)cc(N(C)C)c2C)(c2c(C)c(N(C)C)cc(N(C)C)c2C)c2c(C)c(N(C)C)cc(N(C)C)c2C)C(C)=C1C. The molecule has 3 aromatic rings. The molecular weight excluding hydrogens is 653 g/mol. The van der Waals surface area contributed by atoms with Gasteiger partial charge in [0.05, 0.1) is 0 Å². The molecule has 1 aliphatic carbocycles. The van der Waals surface area contributed by atoms with Crippen LogP contribution in [0.2, 0.25) is 5.54 Å². The highest BCUT2D eigenvalue weighted by atomic mass is 28.3. The highest BCUT2D eigenvalue weighted by molar-refractivity contribution is 7.14. The molecule has 0 heterocycles.